The molecule has 1 aliphatic heterocycles. The van der Waals surface area contributed by atoms with Gasteiger partial charge >= 0.3 is 5.97 Å². The van der Waals surface area contributed by atoms with Crippen LogP contribution in [0, 0.1) is 0 Å². The van der Waals surface area contributed by atoms with E-state index in [1.54, 1.807) is 19.1 Å². The van der Waals surface area contributed by atoms with E-state index >= 15 is 0 Å². The molecule has 0 saturated carbocycles. The van der Waals surface area contributed by atoms with E-state index in [0.717, 1.165) is 17.7 Å². The van der Waals surface area contributed by atoms with Gasteiger partial charge in [-0.25, -0.2) is 13.2 Å². The lowest BCUT2D eigenvalue weighted by Gasteiger charge is -2.25. The summed E-state index contributed by atoms with van der Waals surface area (Å²) in [6.45, 7) is 3.09. The summed E-state index contributed by atoms with van der Waals surface area (Å²) in [6, 6.07) is 8.92. The molecule has 7 nitrogen and oxygen atoms in total. The van der Waals surface area contributed by atoms with Crippen LogP contribution in [0.3, 0.4) is 0 Å². The zero-order valence-electron chi connectivity index (χ0n) is 15.5. The number of nitrogens with one attached hydrogen (secondary N) is 1. The quantitative estimate of drug-likeness (QED) is 0.684. The largest absolute Gasteiger partial charge is 0.465 e. The first-order chi connectivity index (χ1) is 12.5. The van der Waals surface area contributed by atoms with Crippen molar-refractivity contribution in [2.75, 3.05) is 17.2 Å². The second kappa shape index (κ2) is 10.1. The van der Waals surface area contributed by atoms with Crippen molar-refractivity contribution in [1.29, 1.82) is 0 Å². The van der Waals surface area contributed by atoms with Crippen LogP contribution in [-0.4, -0.2) is 32.2 Å². The Morgan fingerprint density at radius 1 is 1.21 bits per heavy atom. The van der Waals surface area contributed by atoms with Crippen molar-refractivity contribution in [3.63, 3.8) is 0 Å². The van der Waals surface area contributed by atoms with Gasteiger partial charge in [-0.2, -0.15) is 0 Å². The van der Waals surface area contributed by atoms with E-state index in [4.69, 9.17) is 0 Å². The maximum Gasteiger partial charge on any atom is 0.339 e. The van der Waals surface area contributed by atoms with Gasteiger partial charge in [-0.3, -0.25) is 9.29 Å². The minimum absolute atomic E-state index is 0. The number of rotatable bonds is 6. The third kappa shape index (κ3) is 4.94. The van der Waals surface area contributed by atoms with Gasteiger partial charge in [0.2, 0.25) is 10.0 Å². The molecule has 3 rings (SSSR count). The number of aromatic nitrogens is 1. The third-order valence-corrected chi connectivity index (χ3v) is 6.11. The number of halogens is 2. The van der Waals surface area contributed by atoms with E-state index in [2.05, 4.69) is 15.0 Å². The first-order valence-corrected chi connectivity index (χ1v) is 9.92. The summed E-state index contributed by atoms with van der Waals surface area (Å²) in [5.41, 5.74) is 3.65. The maximum absolute atomic E-state index is 12.7. The van der Waals surface area contributed by atoms with Gasteiger partial charge in [0.25, 0.3) is 0 Å². The summed E-state index contributed by atoms with van der Waals surface area (Å²) in [6.07, 6.45) is 1.40. The van der Waals surface area contributed by atoms with Crippen molar-refractivity contribution in [2.24, 2.45) is 0 Å². The molecule has 0 radical (unpaired) electrons. The Morgan fingerprint density at radius 2 is 1.96 bits per heavy atom. The lowest BCUT2D eigenvalue weighted by Crippen LogP contribution is -2.33. The first-order valence-electron chi connectivity index (χ1n) is 8.31. The van der Waals surface area contributed by atoms with E-state index in [-0.39, 0.29) is 37.1 Å². The number of nitrogens with zero attached hydrogens (tertiary/aromatic N) is 2. The van der Waals surface area contributed by atoms with E-state index in [1.807, 2.05) is 18.2 Å². The average molecular weight is 448 g/mol. The molecule has 1 aromatic carbocycles. The highest BCUT2D eigenvalue weighted by Gasteiger charge is 2.26. The number of fused-ring (bicyclic) bond motifs is 1. The highest BCUT2D eigenvalue weighted by molar-refractivity contribution is 7.92. The Labute approximate surface area is 177 Å². The minimum atomic E-state index is -3.49. The summed E-state index contributed by atoms with van der Waals surface area (Å²) in [7, 11) is -2.19. The number of hydrogen-bond acceptors (Lipinski definition) is 6. The number of anilines is 1. The van der Waals surface area contributed by atoms with E-state index in [9.17, 15) is 13.2 Å². The number of hydrogen-bond donors (Lipinski definition) is 1. The first kappa shape index (κ1) is 24.2. The Bertz CT molecular complexity index is 921. The number of esters is 1. The normalized spacial score (nSPS) is 12.4. The summed E-state index contributed by atoms with van der Waals surface area (Å²) < 4.78 is 31.5. The number of carbonyl (C=O) groups excluding carboxylic acids is 1. The van der Waals surface area contributed by atoms with Gasteiger partial charge in [0.1, 0.15) is 0 Å². The molecular weight excluding hydrogens is 425 g/mol. The molecule has 1 aromatic heterocycles. The monoisotopic (exact) mass is 447 g/mol. The fourth-order valence-electron chi connectivity index (χ4n) is 2.94. The molecule has 0 amide bonds. The van der Waals surface area contributed by atoms with Gasteiger partial charge in [-0.05, 0) is 36.2 Å². The lowest BCUT2D eigenvalue weighted by atomic mass is 10.1. The van der Waals surface area contributed by atoms with Crippen molar-refractivity contribution in [2.45, 2.75) is 26.6 Å². The molecule has 0 fully saturated rings. The van der Waals surface area contributed by atoms with Crippen LogP contribution < -0.4 is 9.62 Å². The van der Waals surface area contributed by atoms with Crippen molar-refractivity contribution in [3.05, 3.63) is 58.9 Å². The van der Waals surface area contributed by atoms with E-state index in [1.165, 1.54) is 17.6 Å². The van der Waals surface area contributed by atoms with Gasteiger partial charge in [0.05, 0.1) is 36.4 Å². The standard InChI is InChI=1S/C18H21N3O4S.2ClH/c1-3-26(23,24)21(17-6-4-5-13-9-19-11-16(13)17)12-15-8-7-14(10-20-15)18(22)25-2;;/h4-8,10,19H,3,9,11-12H2,1-2H3;2*1H. The molecule has 1 aliphatic rings. The number of ether oxygens (including phenoxy) is 1. The minimum Gasteiger partial charge on any atom is -0.465 e. The Hall–Kier alpha value is -1.87. The highest BCUT2D eigenvalue weighted by atomic mass is 35.5. The molecule has 2 heterocycles. The van der Waals surface area contributed by atoms with Gasteiger partial charge in [0, 0.05) is 19.3 Å². The molecular formula is C18H23Cl2N3O4S. The zero-order valence-corrected chi connectivity index (χ0v) is 18.0. The number of benzene rings is 1. The Kier molecular flexibility index (Phi) is 8.69. The second-order valence-corrected chi connectivity index (χ2v) is 8.14. The van der Waals surface area contributed by atoms with Crippen LogP contribution >= 0.6 is 24.8 Å². The fourth-order valence-corrected chi connectivity index (χ4v) is 4.05. The van der Waals surface area contributed by atoms with Gasteiger partial charge in [-0.1, -0.05) is 12.1 Å². The Morgan fingerprint density at radius 3 is 2.57 bits per heavy atom. The summed E-state index contributed by atoms with van der Waals surface area (Å²) in [4.78, 5) is 15.8. The van der Waals surface area contributed by atoms with Crippen LogP contribution in [0.15, 0.2) is 36.5 Å². The topological polar surface area (TPSA) is 88.6 Å². The predicted molar refractivity (Wildman–Crippen MR) is 113 cm³/mol. The molecule has 0 saturated heterocycles. The fraction of sp³-hybridized carbons (Fsp3) is 0.333. The van der Waals surface area contributed by atoms with Crippen LogP contribution in [0.5, 0.6) is 0 Å². The Balaban J connectivity index is 0.00000196. The lowest BCUT2D eigenvalue weighted by molar-refractivity contribution is 0.0600. The molecule has 0 unspecified atom stereocenters. The van der Waals surface area contributed by atoms with Crippen LogP contribution in [-0.2, 0) is 34.4 Å². The average Bonchev–Trinajstić information content (AvgIpc) is 3.15. The zero-order chi connectivity index (χ0) is 18.7. The number of carbonyl (C=O) groups is 1. The van der Waals surface area contributed by atoms with E-state index < -0.39 is 16.0 Å². The molecule has 10 heteroatoms. The van der Waals surface area contributed by atoms with E-state index in [0.29, 0.717) is 23.5 Å². The van der Waals surface area contributed by atoms with Gasteiger partial charge in [-0.15, -0.1) is 24.8 Å². The molecule has 28 heavy (non-hydrogen) atoms. The molecule has 0 aliphatic carbocycles. The number of methoxy groups -OCH3 is 1. The molecule has 154 valence electrons. The highest BCUT2D eigenvalue weighted by Crippen LogP contribution is 2.30. The van der Waals surface area contributed by atoms with Crippen LogP contribution in [0.2, 0.25) is 0 Å². The second-order valence-electron chi connectivity index (χ2n) is 5.96. The summed E-state index contributed by atoms with van der Waals surface area (Å²) >= 11 is 0. The van der Waals surface area contributed by atoms with Crippen molar-refractivity contribution < 1.29 is 17.9 Å². The van der Waals surface area contributed by atoms with Crippen molar-refractivity contribution in [3.8, 4) is 0 Å². The van der Waals surface area contributed by atoms with Gasteiger partial charge in [0.15, 0.2) is 0 Å². The number of sulfonamides is 1. The van der Waals surface area contributed by atoms with Crippen molar-refractivity contribution in [1.82, 2.24) is 10.3 Å². The molecule has 2 aromatic rings. The number of pyridine rings is 1. The molecule has 0 bridgehead atoms. The maximum atomic E-state index is 12.7. The third-order valence-electron chi connectivity index (χ3n) is 4.39. The SMILES string of the molecule is CCS(=O)(=O)N(Cc1ccc(C(=O)OC)cn1)c1cccc2c1CNC2.Cl.Cl. The van der Waals surface area contributed by atoms with Crippen LogP contribution in [0.1, 0.15) is 34.1 Å². The molecule has 0 atom stereocenters. The molecule has 1 N–H and O–H groups in total. The predicted octanol–water partition coefficient (Wildman–Crippen LogP) is 2.67. The van der Waals surface area contributed by atoms with Crippen LogP contribution in [0.25, 0.3) is 0 Å². The summed E-state index contributed by atoms with van der Waals surface area (Å²) in [5.74, 6) is -0.487. The van der Waals surface area contributed by atoms with Crippen LogP contribution in [0.4, 0.5) is 5.69 Å². The van der Waals surface area contributed by atoms with Crippen molar-refractivity contribution >= 4 is 46.5 Å². The van der Waals surface area contributed by atoms with Gasteiger partial charge < -0.3 is 10.1 Å². The molecule has 0 spiro atoms. The smallest absolute Gasteiger partial charge is 0.339 e. The summed E-state index contributed by atoms with van der Waals surface area (Å²) in [5, 5.41) is 3.25.